The Bertz CT molecular complexity index is 114. The van der Waals surface area contributed by atoms with Crippen LogP contribution in [0.2, 0.25) is 17.5 Å². The molecule has 0 unspecified atom stereocenters. The minimum atomic E-state index is 1.21. The normalized spacial score (nSPS) is 32.4. The molecule has 10 heavy (non-hydrogen) atoms. The van der Waals surface area contributed by atoms with E-state index >= 15 is 0 Å². The summed E-state index contributed by atoms with van der Waals surface area (Å²) in [6.07, 6.45) is 9.49. The summed E-state index contributed by atoms with van der Waals surface area (Å²) in [5.41, 5.74) is 0. The summed E-state index contributed by atoms with van der Waals surface area (Å²) in [5.74, 6) is 3.62. The second-order valence-electron chi connectivity index (χ2n) is 4.59. The van der Waals surface area contributed by atoms with Crippen LogP contribution in [0.1, 0.15) is 38.5 Å². The highest BCUT2D eigenvalue weighted by Crippen LogP contribution is 2.60. The van der Waals surface area contributed by atoms with Gasteiger partial charge in [-0.3, -0.25) is 0 Å². The van der Waals surface area contributed by atoms with Crippen LogP contribution in [-0.2, 0) is 0 Å². The van der Waals surface area contributed by atoms with Crippen LogP contribution in [0.15, 0.2) is 0 Å². The van der Waals surface area contributed by atoms with E-state index in [4.69, 9.17) is 0 Å². The van der Waals surface area contributed by atoms with Crippen molar-refractivity contribution in [3.63, 3.8) is 0 Å². The third-order valence-corrected chi connectivity index (χ3v) is 3.50. The van der Waals surface area contributed by atoms with Crippen molar-refractivity contribution in [2.75, 3.05) is 0 Å². The Morgan fingerprint density at radius 1 is 0.600 bits per heavy atom. The molecular formula is C9H15B. The maximum atomic E-state index is 1.58. The van der Waals surface area contributed by atoms with Gasteiger partial charge in [0.2, 0.25) is 0 Å². The molecule has 3 aliphatic carbocycles. The van der Waals surface area contributed by atoms with Crippen molar-refractivity contribution >= 4 is 6.71 Å². The van der Waals surface area contributed by atoms with Crippen LogP contribution >= 0.6 is 0 Å². The Morgan fingerprint density at radius 3 is 1.10 bits per heavy atom. The SMILES string of the molecule is C1CC1B(C1CC1)C1CC1. The molecule has 0 saturated heterocycles. The molecule has 0 aromatic carbocycles. The van der Waals surface area contributed by atoms with Gasteiger partial charge in [0.25, 0.3) is 0 Å². The highest BCUT2D eigenvalue weighted by atomic mass is 14.4. The summed E-state index contributed by atoms with van der Waals surface area (Å²) in [6.45, 7) is 1.22. The predicted octanol–water partition coefficient (Wildman–Crippen LogP) is 2.97. The average Bonchev–Trinajstić information content (AvgIpc) is 2.78. The van der Waals surface area contributed by atoms with Crippen molar-refractivity contribution in [1.29, 1.82) is 0 Å². The largest absolute Gasteiger partial charge is 0.149 e. The minimum Gasteiger partial charge on any atom is -0.0617 e. The molecule has 0 radical (unpaired) electrons. The Morgan fingerprint density at radius 2 is 0.900 bits per heavy atom. The van der Waals surface area contributed by atoms with E-state index in [1.54, 1.807) is 38.5 Å². The fourth-order valence-corrected chi connectivity index (χ4v) is 2.60. The summed E-state index contributed by atoms with van der Waals surface area (Å²) in [7, 11) is 0. The first-order chi connectivity index (χ1) is 4.95. The van der Waals surface area contributed by atoms with Gasteiger partial charge in [0.15, 0.2) is 0 Å². The van der Waals surface area contributed by atoms with Gasteiger partial charge in [-0.05, 0) is 0 Å². The third-order valence-electron chi connectivity index (χ3n) is 3.50. The van der Waals surface area contributed by atoms with Gasteiger partial charge < -0.3 is 0 Å². The Hall–Kier alpha value is 0.0649. The van der Waals surface area contributed by atoms with Gasteiger partial charge in [-0.15, -0.1) is 0 Å². The van der Waals surface area contributed by atoms with Crippen molar-refractivity contribution in [2.24, 2.45) is 0 Å². The van der Waals surface area contributed by atoms with Crippen LogP contribution in [0.25, 0.3) is 0 Å². The highest BCUT2D eigenvalue weighted by molar-refractivity contribution is 6.66. The maximum Gasteiger partial charge on any atom is 0.149 e. The molecule has 3 fully saturated rings. The van der Waals surface area contributed by atoms with Crippen molar-refractivity contribution < 1.29 is 0 Å². The quantitative estimate of drug-likeness (QED) is 0.520. The second-order valence-corrected chi connectivity index (χ2v) is 4.59. The lowest BCUT2D eigenvalue weighted by molar-refractivity contribution is 1.18. The van der Waals surface area contributed by atoms with E-state index in [2.05, 4.69) is 0 Å². The standard InChI is InChI=1S/C9H15B/c1-2-7(1)10(8-3-4-8)9-5-6-9/h7-9H,1-6H2. The molecule has 0 atom stereocenters. The monoisotopic (exact) mass is 134 g/mol. The van der Waals surface area contributed by atoms with E-state index in [-0.39, 0.29) is 0 Å². The van der Waals surface area contributed by atoms with Gasteiger partial charge in [0, 0.05) is 0 Å². The molecule has 0 nitrogen and oxygen atoms in total. The van der Waals surface area contributed by atoms with Crippen LogP contribution in [0.4, 0.5) is 0 Å². The zero-order valence-electron chi connectivity index (χ0n) is 6.55. The summed E-state index contributed by atoms with van der Waals surface area (Å²) in [5, 5.41) is 0. The van der Waals surface area contributed by atoms with E-state index in [0.29, 0.717) is 0 Å². The van der Waals surface area contributed by atoms with Crippen molar-refractivity contribution in [3.05, 3.63) is 0 Å². The van der Waals surface area contributed by atoms with Crippen LogP contribution in [-0.4, -0.2) is 6.71 Å². The molecule has 0 spiro atoms. The molecule has 0 heterocycles. The first-order valence-electron chi connectivity index (χ1n) is 4.95. The molecule has 0 aromatic rings. The Balaban J connectivity index is 1.69. The van der Waals surface area contributed by atoms with E-state index in [0.717, 1.165) is 0 Å². The van der Waals surface area contributed by atoms with Gasteiger partial charge in [0.05, 0.1) is 0 Å². The van der Waals surface area contributed by atoms with Crippen molar-refractivity contribution in [2.45, 2.75) is 56.0 Å². The fraction of sp³-hybridized carbons (Fsp3) is 1.00. The van der Waals surface area contributed by atoms with Crippen LogP contribution in [0.5, 0.6) is 0 Å². The van der Waals surface area contributed by atoms with Gasteiger partial charge in [0.1, 0.15) is 6.71 Å². The zero-order valence-corrected chi connectivity index (χ0v) is 6.55. The summed E-state index contributed by atoms with van der Waals surface area (Å²) < 4.78 is 0. The molecule has 0 aliphatic heterocycles. The molecule has 3 aliphatic rings. The molecule has 3 saturated carbocycles. The van der Waals surface area contributed by atoms with E-state index < -0.39 is 0 Å². The predicted molar refractivity (Wildman–Crippen MR) is 44.7 cm³/mol. The molecule has 54 valence electrons. The van der Waals surface area contributed by atoms with Crippen LogP contribution in [0, 0.1) is 0 Å². The zero-order chi connectivity index (χ0) is 6.55. The lowest BCUT2D eigenvalue weighted by atomic mass is 9.38. The smallest absolute Gasteiger partial charge is 0.0617 e. The minimum absolute atomic E-state index is 1.21. The lowest BCUT2D eigenvalue weighted by Crippen LogP contribution is -2.12. The third kappa shape index (κ3) is 0.907. The maximum absolute atomic E-state index is 1.58. The molecular weight excluding hydrogens is 119 g/mol. The fourth-order valence-electron chi connectivity index (χ4n) is 2.60. The topological polar surface area (TPSA) is 0 Å². The van der Waals surface area contributed by atoms with E-state index in [1.165, 1.54) is 24.2 Å². The molecule has 3 rings (SSSR count). The van der Waals surface area contributed by atoms with Gasteiger partial charge in [-0.2, -0.15) is 0 Å². The van der Waals surface area contributed by atoms with E-state index in [9.17, 15) is 0 Å². The van der Waals surface area contributed by atoms with Crippen molar-refractivity contribution in [3.8, 4) is 0 Å². The van der Waals surface area contributed by atoms with Gasteiger partial charge in [-0.25, -0.2) is 0 Å². The summed E-state index contributed by atoms with van der Waals surface area (Å²) in [6, 6.07) is 0. The lowest BCUT2D eigenvalue weighted by Gasteiger charge is -2.07. The van der Waals surface area contributed by atoms with Crippen LogP contribution < -0.4 is 0 Å². The molecule has 0 amide bonds. The molecule has 0 N–H and O–H groups in total. The Kier molecular flexibility index (Phi) is 1.03. The number of rotatable bonds is 3. The first-order valence-corrected chi connectivity index (χ1v) is 4.95. The van der Waals surface area contributed by atoms with Gasteiger partial charge in [-0.1, -0.05) is 56.0 Å². The summed E-state index contributed by atoms with van der Waals surface area (Å²) >= 11 is 0. The highest BCUT2D eigenvalue weighted by Gasteiger charge is 2.51. The van der Waals surface area contributed by atoms with E-state index in [1.807, 2.05) is 0 Å². The summed E-state index contributed by atoms with van der Waals surface area (Å²) in [4.78, 5) is 0. The molecule has 0 aromatic heterocycles. The molecule has 0 bridgehead atoms. The number of hydrogen-bond donors (Lipinski definition) is 0. The second kappa shape index (κ2) is 1.81. The molecule has 1 heteroatoms. The Labute approximate surface area is 63.5 Å². The number of hydrogen-bond acceptors (Lipinski definition) is 0. The van der Waals surface area contributed by atoms with Gasteiger partial charge >= 0.3 is 0 Å². The van der Waals surface area contributed by atoms with Crippen LogP contribution in [0.3, 0.4) is 0 Å². The first kappa shape index (κ1) is 5.68. The van der Waals surface area contributed by atoms with Crippen molar-refractivity contribution in [1.82, 2.24) is 0 Å². The average molecular weight is 134 g/mol.